The monoisotopic (exact) mass is 461 g/mol. The third-order valence-corrected chi connectivity index (χ3v) is 5.81. The van der Waals surface area contributed by atoms with Gasteiger partial charge in [-0.2, -0.15) is 0 Å². The molecule has 10 heteroatoms. The minimum Gasteiger partial charge on any atom is -0.508 e. The first-order valence-electron chi connectivity index (χ1n) is 9.94. The molecule has 1 aromatic heterocycles. The molecule has 0 spiro atoms. The Morgan fingerprint density at radius 1 is 1.03 bits per heavy atom. The molecule has 0 unspecified atom stereocenters. The van der Waals surface area contributed by atoms with Crippen LogP contribution >= 0.6 is 11.8 Å². The molecular formula is C23H19N5O4S. The highest BCUT2D eigenvalue weighted by atomic mass is 32.2. The van der Waals surface area contributed by atoms with Crippen molar-refractivity contribution < 1.29 is 14.8 Å². The van der Waals surface area contributed by atoms with Crippen LogP contribution < -0.4 is 5.32 Å². The maximum atomic E-state index is 12.7. The lowest BCUT2D eigenvalue weighted by molar-refractivity contribution is -0.384. The highest BCUT2D eigenvalue weighted by Gasteiger charge is 2.22. The molecule has 4 aromatic rings. The minimum atomic E-state index is -0.528. The summed E-state index contributed by atoms with van der Waals surface area (Å²) in [6.45, 7) is 1.75. The molecular weight excluding hydrogens is 442 g/mol. The number of para-hydroxylation sites is 1. The smallest absolute Gasteiger partial charge is 0.269 e. The summed E-state index contributed by atoms with van der Waals surface area (Å²) < 4.78 is 1.85. The van der Waals surface area contributed by atoms with Gasteiger partial charge in [-0.25, -0.2) is 0 Å². The van der Waals surface area contributed by atoms with Gasteiger partial charge in [-0.05, 0) is 55.5 Å². The van der Waals surface area contributed by atoms with Crippen LogP contribution in [0.25, 0.3) is 17.1 Å². The van der Waals surface area contributed by atoms with Crippen molar-refractivity contribution in [2.45, 2.75) is 17.3 Å². The van der Waals surface area contributed by atoms with Gasteiger partial charge in [0.1, 0.15) is 5.75 Å². The second-order valence-electron chi connectivity index (χ2n) is 7.08. The van der Waals surface area contributed by atoms with Crippen LogP contribution in [0.2, 0.25) is 0 Å². The van der Waals surface area contributed by atoms with Gasteiger partial charge in [0.15, 0.2) is 11.0 Å². The minimum absolute atomic E-state index is 0.0480. The fourth-order valence-electron chi connectivity index (χ4n) is 3.08. The number of non-ortho nitro benzene ring substituents is 1. The third kappa shape index (κ3) is 5.01. The molecule has 1 heterocycles. The lowest BCUT2D eigenvalue weighted by Crippen LogP contribution is -2.22. The van der Waals surface area contributed by atoms with Crippen molar-refractivity contribution in [3.05, 3.63) is 89.0 Å². The maximum Gasteiger partial charge on any atom is 0.269 e. The number of rotatable bonds is 7. The molecule has 9 nitrogen and oxygen atoms in total. The molecule has 3 aromatic carbocycles. The van der Waals surface area contributed by atoms with Gasteiger partial charge in [0.25, 0.3) is 5.69 Å². The normalized spacial score (nSPS) is 11.7. The quantitative estimate of drug-likeness (QED) is 0.233. The SMILES string of the molecule is C[C@@H](Sc1nnc(-c2ccc(O)cc2)n1-c1ccccc1)C(=O)Nc1ccc([N+](=O)[O-])cc1. The number of nitro groups is 1. The van der Waals surface area contributed by atoms with Crippen LogP contribution in [0, 0.1) is 10.1 Å². The number of nitrogens with zero attached hydrogens (tertiary/aromatic N) is 4. The summed E-state index contributed by atoms with van der Waals surface area (Å²) in [5.74, 6) is 0.449. The van der Waals surface area contributed by atoms with E-state index in [2.05, 4.69) is 15.5 Å². The van der Waals surface area contributed by atoms with Crippen LogP contribution in [0.4, 0.5) is 11.4 Å². The first kappa shape index (κ1) is 22.0. The molecule has 1 amide bonds. The molecule has 2 N–H and O–H groups in total. The summed E-state index contributed by atoms with van der Waals surface area (Å²) >= 11 is 1.24. The number of hydrogen-bond donors (Lipinski definition) is 2. The van der Waals surface area contributed by atoms with Gasteiger partial charge in [0.05, 0.1) is 10.2 Å². The average Bonchev–Trinajstić information content (AvgIpc) is 3.23. The number of aromatic hydroxyl groups is 1. The topological polar surface area (TPSA) is 123 Å². The van der Waals surface area contributed by atoms with E-state index in [0.29, 0.717) is 16.7 Å². The van der Waals surface area contributed by atoms with Crippen LogP contribution in [-0.2, 0) is 4.79 Å². The highest BCUT2D eigenvalue weighted by molar-refractivity contribution is 8.00. The Morgan fingerprint density at radius 3 is 2.33 bits per heavy atom. The zero-order valence-electron chi connectivity index (χ0n) is 17.5. The van der Waals surface area contributed by atoms with Gasteiger partial charge in [-0.1, -0.05) is 30.0 Å². The van der Waals surface area contributed by atoms with Crippen molar-refractivity contribution in [1.29, 1.82) is 0 Å². The second-order valence-corrected chi connectivity index (χ2v) is 8.39. The molecule has 4 rings (SSSR count). The largest absolute Gasteiger partial charge is 0.508 e. The number of carbonyl (C=O) groups is 1. The predicted molar refractivity (Wildman–Crippen MR) is 126 cm³/mol. The van der Waals surface area contributed by atoms with Gasteiger partial charge in [0.2, 0.25) is 5.91 Å². The van der Waals surface area contributed by atoms with Gasteiger partial charge in [-0.3, -0.25) is 19.5 Å². The number of phenols is 1. The summed E-state index contributed by atoms with van der Waals surface area (Å²) in [6, 6.07) is 21.8. The lowest BCUT2D eigenvalue weighted by Gasteiger charge is -2.14. The summed E-state index contributed by atoms with van der Waals surface area (Å²) in [4.78, 5) is 23.1. The van der Waals surface area contributed by atoms with E-state index in [-0.39, 0.29) is 17.3 Å². The van der Waals surface area contributed by atoms with Crippen molar-refractivity contribution in [2.24, 2.45) is 0 Å². The summed E-state index contributed by atoms with van der Waals surface area (Å²) in [5.41, 5.74) is 2.01. The first-order chi connectivity index (χ1) is 15.9. The Labute approximate surface area is 193 Å². The molecule has 166 valence electrons. The molecule has 0 saturated heterocycles. The Bertz CT molecular complexity index is 1270. The van der Waals surface area contributed by atoms with Crippen molar-refractivity contribution >= 4 is 29.0 Å². The van der Waals surface area contributed by atoms with E-state index in [1.807, 2.05) is 34.9 Å². The number of amides is 1. The van der Waals surface area contributed by atoms with Crippen LogP contribution in [0.15, 0.2) is 84.0 Å². The van der Waals surface area contributed by atoms with Gasteiger partial charge in [0, 0.05) is 29.1 Å². The molecule has 0 fully saturated rings. The molecule has 0 aliphatic carbocycles. The number of hydrogen-bond acceptors (Lipinski definition) is 7. The van der Waals surface area contributed by atoms with Gasteiger partial charge < -0.3 is 10.4 Å². The number of anilines is 1. The highest BCUT2D eigenvalue weighted by Crippen LogP contribution is 2.31. The Kier molecular flexibility index (Phi) is 6.36. The Hall–Kier alpha value is -4.18. The molecule has 0 bridgehead atoms. The van der Waals surface area contributed by atoms with E-state index in [1.165, 1.54) is 36.0 Å². The zero-order valence-corrected chi connectivity index (χ0v) is 18.3. The van der Waals surface area contributed by atoms with Crippen LogP contribution in [0.3, 0.4) is 0 Å². The number of benzene rings is 3. The maximum absolute atomic E-state index is 12.7. The number of nitrogens with one attached hydrogen (secondary N) is 1. The number of nitro benzene ring substituents is 1. The van der Waals surface area contributed by atoms with Crippen molar-refractivity contribution in [1.82, 2.24) is 14.8 Å². The average molecular weight is 462 g/mol. The van der Waals surface area contributed by atoms with E-state index in [9.17, 15) is 20.0 Å². The molecule has 0 aliphatic rings. The number of carbonyl (C=O) groups excluding carboxylic acids is 1. The number of aromatic nitrogens is 3. The van der Waals surface area contributed by atoms with E-state index in [1.54, 1.807) is 31.2 Å². The van der Waals surface area contributed by atoms with E-state index in [0.717, 1.165) is 11.3 Å². The van der Waals surface area contributed by atoms with Gasteiger partial charge in [-0.15, -0.1) is 10.2 Å². The van der Waals surface area contributed by atoms with E-state index >= 15 is 0 Å². The number of thioether (sulfide) groups is 1. The molecule has 0 saturated carbocycles. The number of phenolic OH excluding ortho intramolecular Hbond substituents is 1. The van der Waals surface area contributed by atoms with E-state index < -0.39 is 10.2 Å². The lowest BCUT2D eigenvalue weighted by atomic mass is 10.2. The molecule has 1 atom stereocenters. The van der Waals surface area contributed by atoms with Crippen LogP contribution in [0.5, 0.6) is 5.75 Å². The van der Waals surface area contributed by atoms with Crippen molar-refractivity contribution in [3.63, 3.8) is 0 Å². The standard InChI is InChI=1S/C23H19N5O4S/c1-15(22(30)24-17-9-11-19(12-10-17)28(31)32)33-23-26-25-21(16-7-13-20(29)14-8-16)27(23)18-5-3-2-4-6-18/h2-15,29H,1H3,(H,24,30)/t15-/m1/s1. The molecule has 33 heavy (non-hydrogen) atoms. The first-order valence-corrected chi connectivity index (χ1v) is 10.8. The zero-order chi connectivity index (χ0) is 23.4. The predicted octanol–water partition coefficient (Wildman–Crippen LogP) is 4.67. The van der Waals surface area contributed by atoms with Crippen molar-refractivity contribution in [2.75, 3.05) is 5.32 Å². The summed E-state index contributed by atoms with van der Waals surface area (Å²) in [6.07, 6.45) is 0. The van der Waals surface area contributed by atoms with Crippen LogP contribution in [-0.4, -0.2) is 36.0 Å². The fourth-order valence-corrected chi connectivity index (χ4v) is 3.94. The fraction of sp³-hybridized carbons (Fsp3) is 0.0870. The molecule has 0 aliphatic heterocycles. The Balaban J connectivity index is 1.58. The van der Waals surface area contributed by atoms with Crippen molar-refractivity contribution in [3.8, 4) is 22.8 Å². The van der Waals surface area contributed by atoms with Gasteiger partial charge >= 0.3 is 0 Å². The summed E-state index contributed by atoms with van der Waals surface area (Å²) in [7, 11) is 0. The second kappa shape index (κ2) is 9.53. The van der Waals surface area contributed by atoms with E-state index in [4.69, 9.17) is 0 Å². The Morgan fingerprint density at radius 2 is 1.70 bits per heavy atom. The summed E-state index contributed by atoms with van der Waals surface area (Å²) in [5, 5.41) is 31.8. The molecule has 0 radical (unpaired) electrons. The van der Waals surface area contributed by atoms with Crippen LogP contribution in [0.1, 0.15) is 6.92 Å². The third-order valence-electron chi connectivity index (χ3n) is 4.77.